The Kier molecular flexibility index (Phi) is 4.24. The molecular weight excluding hydrogens is 266 g/mol. The fourth-order valence-electron chi connectivity index (χ4n) is 3.11. The lowest BCUT2D eigenvalue weighted by Gasteiger charge is -2.37. The zero-order valence-electron chi connectivity index (χ0n) is 12.5. The predicted molar refractivity (Wildman–Crippen MR) is 82.0 cm³/mol. The highest BCUT2D eigenvalue weighted by Gasteiger charge is 2.31. The standard InChI is InChI=1S/C16H23N3O2/c1-19-14-5-3-2-4-13(14)18-15(19)12-17-16(6-9-20)7-10-21-11-8-16/h2-5,17,20H,6-12H2,1H3. The van der Waals surface area contributed by atoms with Gasteiger partial charge in [0.05, 0.1) is 17.6 Å². The number of ether oxygens (including phenoxy) is 1. The Hall–Kier alpha value is -1.43. The lowest BCUT2D eigenvalue weighted by Crippen LogP contribution is -2.49. The van der Waals surface area contributed by atoms with Gasteiger partial charge in [-0.05, 0) is 31.4 Å². The van der Waals surface area contributed by atoms with Gasteiger partial charge in [-0.2, -0.15) is 0 Å². The van der Waals surface area contributed by atoms with Crippen LogP contribution >= 0.6 is 0 Å². The summed E-state index contributed by atoms with van der Waals surface area (Å²) in [5.74, 6) is 1.03. The Morgan fingerprint density at radius 1 is 1.33 bits per heavy atom. The van der Waals surface area contributed by atoms with Crippen LogP contribution in [0.1, 0.15) is 25.1 Å². The van der Waals surface area contributed by atoms with Crippen molar-refractivity contribution in [1.29, 1.82) is 0 Å². The minimum Gasteiger partial charge on any atom is -0.396 e. The van der Waals surface area contributed by atoms with E-state index in [0.717, 1.165) is 49.3 Å². The maximum Gasteiger partial charge on any atom is 0.123 e. The van der Waals surface area contributed by atoms with Crippen molar-refractivity contribution in [3.05, 3.63) is 30.1 Å². The largest absolute Gasteiger partial charge is 0.396 e. The highest BCUT2D eigenvalue weighted by molar-refractivity contribution is 5.75. The Morgan fingerprint density at radius 2 is 2.10 bits per heavy atom. The topological polar surface area (TPSA) is 59.3 Å². The van der Waals surface area contributed by atoms with Crippen LogP contribution in [0.5, 0.6) is 0 Å². The average molecular weight is 289 g/mol. The summed E-state index contributed by atoms with van der Waals surface area (Å²) in [6.45, 7) is 2.44. The van der Waals surface area contributed by atoms with Gasteiger partial charge >= 0.3 is 0 Å². The van der Waals surface area contributed by atoms with Crippen LogP contribution in [0.4, 0.5) is 0 Å². The molecule has 0 atom stereocenters. The van der Waals surface area contributed by atoms with Crippen LogP contribution in [0.3, 0.4) is 0 Å². The minimum absolute atomic E-state index is 0.0227. The van der Waals surface area contributed by atoms with Crippen LogP contribution in [-0.4, -0.2) is 40.0 Å². The first kappa shape index (κ1) is 14.5. The second kappa shape index (κ2) is 6.13. The normalized spacial score (nSPS) is 18.2. The van der Waals surface area contributed by atoms with Gasteiger partial charge in [0.2, 0.25) is 0 Å². The van der Waals surface area contributed by atoms with Crippen LogP contribution < -0.4 is 5.32 Å². The van der Waals surface area contributed by atoms with Crippen molar-refractivity contribution >= 4 is 11.0 Å². The summed E-state index contributed by atoms with van der Waals surface area (Å²) < 4.78 is 7.59. The monoisotopic (exact) mass is 289 g/mol. The van der Waals surface area contributed by atoms with E-state index in [9.17, 15) is 5.11 Å². The number of aryl methyl sites for hydroxylation is 1. The number of rotatable bonds is 5. The molecule has 2 aromatic rings. The van der Waals surface area contributed by atoms with Gasteiger partial charge < -0.3 is 19.7 Å². The molecule has 5 nitrogen and oxygen atoms in total. The molecule has 1 saturated heterocycles. The molecule has 2 N–H and O–H groups in total. The quantitative estimate of drug-likeness (QED) is 0.877. The first-order valence-electron chi connectivity index (χ1n) is 7.58. The van der Waals surface area contributed by atoms with E-state index in [2.05, 4.69) is 23.0 Å². The van der Waals surface area contributed by atoms with Crippen LogP contribution in [0.15, 0.2) is 24.3 Å². The van der Waals surface area contributed by atoms with Crippen molar-refractivity contribution < 1.29 is 9.84 Å². The summed E-state index contributed by atoms with van der Waals surface area (Å²) in [6.07, 6.45) is 2.65. The number of nitrogens with one attached hydrogen (secondary N) is 1. The molecule has 2 heterocycles. The zero-order chi connectivity index (χ0) is 14.7. The van der Waals surface area contributed by atoms with Gasteiger partial charge in [0.1, 0.15) is 5.82 Å². The van der Waals surface area contributed by atoms with E-state index in [4.69, 9.17) is 9.72 Å². The molecule has 1 aliphatic heterocycles. The molecule has 114 valence electrons. The first-order chi connectivity index (χ1) is 10.2. The maximum absolute atomic E-state index is 9.35. The molecular formula is C16H23N3O2. The molecule has 1 aromatic heterocycles. The van der Waals surface area contributed by atoms with Gasteiger partial charge in [0.15, 0.2) is 0 Å². The fraction of sp³-hybridized carbons (Fsp3) is 0.562. The van der Waals surface area contributed by atoms with Crippen molar-refractivity contribution in [2.45, 2.75) is 31.3 Å². The zero-order valence-corrected chi connectivity index (χ0v) is 12.5. The summed E-state index contributed by atoms with van der Waals surface area (Å²) in [5.41, 5.74) is 2.16. The number of aromatic nitrogens is 2. The third-order valence-corrected chi connectivity index (χ3v) is 4.54. The number of aliphatic hydroxyl groups excluding tert-OH is 1. The van der Waals surface area contributed by atoms with Gasteiger partial charge in [0, 0.05) is 32.4 Å². The number of fused-ring (bicyclic) bond motifs is 1. The molecule has 0 bridgehead atoms. The number of aliphatic hydroxyl groups is 1. The fourth-order valence-corrected chi connectivity index (χ4v) is 3.11. The van der Waals surface area contributed by atoms with Crippen LogP contribution in [0.25, 0.3) is 11.0 Å². The molecule has 0 aliphatic carbocycles. The summed E-state index contributed by atoms with van der Waals surface area (Å²) in [5, 5.41) is 13.0. The molecule has 1 aromatic carbocycles. The van der Waals surface area contributed by atoms with Gasteiger partial charge in [-0.25, -0.2) is 4.98 Å². The van der Waals surface area contributed by atoms with E-state index in [0.29, 0.717) is 6.54 Å². The van der Waals surface area contributed by atoms with E-state index in [1.165, 1.54) is 0 Å². The van der Waals surface area contributed by atoms with E-state index in [1.54, 1.807) is 0 Å². The molecule has 21 heavy (non-hydrogen) atoms. The molecule has 0 amide bonds. The Labute approximate surface area is 124 Å². The Bertz CT molecular complexity index is 597. The number of hydrogen-bond donors (Lipinski definition) is 2. The number of benzene rings is 1. The SMILES string of the molecule is Cn1c(CNC2(CCO)CCOCC2)nc2ccccc21. The van der Waals surface area contributed by atoms with Crippen LogP contribution in [-0.2, 0) is 18.3 Å². The van der Waals surface area contributed by atoms with Crippen molar-refractivity contribution in [2.24, 2.45) is 7.05 Å². The molecule has 1 fully saturated rings. The highest BCUT2D eigenvalue weighted by atomic mass is 16.5. The van der Waals surface area contributed by atoms with Crippen molar-refractivity contribution in [2.75, 3.05) is 19.8 Å². The lowest BCUT2D eigenvalue weighted by molar-refractivity contribution is 0.0264. The predicted octanol–water partition coefficient (Wildman–Crippen LogP) is 1.59. The van der Waals surface area contributed by atoms with Crippen LogP contribution in [0.2, 0.25) is 0 Å². The number of nitrogens with zero attached hydrogens (tertiary/aromatic N) is 2. The van der Waals surface area contributed by atoms with Gasteiger partial charge in [-0.1, -0.05) is 12.1 Å². The molecule has 3 rings (SSSR count). The van der Waals surface area contributed by atoms with Crippen molar-refractivity contribution in [1.82, 2.24) is 14.9 Å². The maximum atomic E-state index is 9.35. The molecule has 0 spiro atoms. The summed E-state index contributed by atoms with van der Waals surface area (Å²) >= 11 is 0. The minimum atomic E-state index is -0.0227. The third kappa shape index (κ3) is 2.95. The van der Waals surface area contributed by atoms with Crippen molar-refractivity contribution in [3.63, 3.8) is 0 Å². The summed E-state index contributed by atoms with van der Waals surface area (Å²) in [7, 11) is 2.05. The van der Waals surface area contributed by atoms with E-state index in [-0.39, 0.29) is 12.1 Å². The Morgan fingerprint density at radius 3 is 2.81 bits per heavy atom. The van der Waals surface area contributed by atoms with E-state index in [1.807, 2.05) is 18.2 Å². The molecule has 0 radical (unpaired) electrons. The molecule has 0 unspecified atom stereocenters. The summed E-state index contributed by atoms with van der Waals surface area (Å²) in [4.78, 5) is 4.69. The lowest BCUT2D eigenvalue weighted by atomic mass is 9.87. The molecule has 1 aliphatic rings. The smallest absolute Gasteiger partial charge is 0.123 e. The number of imidazole rings is 1. The number of hydrogen-bond acceptors (Lipinski definition) is 4. The highest BCUT2D eigenvalue weighted by Crippen LogP contribution is 2.25. The first-order valence-corrected chi connectivity index (χ1v) is 7.58. The van der Waals surface area contributed by atoms with Gasteiger partial charge in [-0.15, -0.1) is 0 Å². The average Bonchev–Trinajstić information content (AvgIpc) is 2.84. The van der Waals surface area contributed by atoms with E-state index < -0.39 is 0 Å². The summed E-state index contributed by atoms with van der Waals surface area (Å²) in [6, 6.07) is 8.17. The molecule has 5 heteroatoms. The van der Waals surface area contributed by atoms with Gasteiger partial charge in [0.25, 0.3) is 0 Å². The Balaban J connectivity index is 1.76. The second-order valence-electron chi connectivity index (χ2n) is 5.80. The number of para-hydroxylation sites is 2. The van der Waals surface area contributed by atoms with E-state index >= 15 is 0 Å². The molecule has 0 saturated carbocycles. The third-order valence-electron chi connectivity index (χ3n) is 4.54. The van der Waals surface area contributed by atoms with Crippen LogP contribution in [0, 0.1) is 0 Å². The van der Waals surface area contributed by atoms with Gasteiger partial charge in [-0.3, -0.25) is 0 Å². The van der Waals surface area contributed by atoms with Crippen molar-refractivity contribution in [3.8, 4) is 0 Å². The second-order valence-corrected chi connectivity index (χ2v) is 5.80.